The number of rotatable bonds is 3. The summed E-state index contributed by atoms with van der Waals surface area (Å²) in [6, 6.07) is 11.8. The van der Waals surface area contributed by atoms with Gasteiger partial charge in [-0.2, -0.15) is 15.4 Å². The number of aromatic nitrogens is 7. The highest BCUT2D eigenvalue weighted by Gasteiger charge is 2.21. The fourth-order valence-electron chi connectivity index (χ4n) is 3.21. The lowest BCUT2D eigenvalue weighted by molar-refractivity contribution is 0.173. The van der Waals surface area contributed by atoms with E-state index in [1.165, 1.54) is 0 Å². The zero-order chi connectivity index (χ0) is 18.4. The first kappa shape index (κ1) is 15.5. The smallest absolute Gasteiger partial charge is 0.231 e. The van der Waals surface area contributed by atoms with Crippen LogP contribution in [-0.2, 0) is 7.05 Å². The minimum atomic E-state index is 0.240. The monoisotopic (exact) mass is 361 g/mol. The van der Waals surface area contributed by atoms with E-state index in [9.17, 15) is 0 Å². The number of H-pyrrole nitrogens is 1. The Kier molecular flexibility index (Phi) is 3.39. The third-order valence-corrected chi connectivity index (χ3v) is 4.52. The SMILES string of the molecule is Cc1cc(-c2n[nH]nc2-c2ccc(-c3nnnn3C)cc2)cc2c1OCO2. The molecule has 0 saturated heterocycles. The molecule has 2 aromatic carbocycles. The van der Waals surface area contributed by atoms with Crippen LogP contribution in [0.4, 0.5) is 0 Å². The summed E-state index contributed by atoms with van der Waals surface area (Å²) in [4.78, 5) is 0. The number of nitrogens with one attached hydrogen (secondary N) is 1. The Balaban J connectivity index is 1.54. The van der Waals surface area contributed by atoms with Crippen molar-refractivity contribution in [3.05, 3.63) is 42.0 Å². The van der Waals surface area contributed by atoms with Gasteiger partial charge in [-0.3, -0.25) is 0 Å². The van der Waals surface area contributed by atoms with E-state index in [4.69, 9.17) is 9.47 Å². The number of nitrogens with zero attached hydrogens (tertiary/aromatic N) is 6. The second-order valence-corrected chi connectivity index (χ2v) is 6.25. The van der Waals surface area contributed by atoms with Crippen molar-refractivity contribution >= 4 is 0 Å². The van der Waals surface area contributed by atoms with Gasteiger partial charge in [0, 0.05) is 23.7 Å². The van der Waals surface area contributed by atoms with Crippen molar-refractivity contribution in [1.29, 1.82) is 0 Å². The molecule has 0 amide bonds. The summed E-state index contributed by atoms with van der Waals surface area (Å²) in [5.41, 5.74) is 5.30. The van der Waals surface area contributed by atoms with Crippen LogP contribution in [0, 0.1) is 6.92 Å². The highest BCUT2D eigenvalue weighted by atomic mass is 16.7. The maximum absolute atomic E-state index is 5.53. The molecule has 0 fully saturated rings. The summed E-state index contributed by atoms with van der Waals surface area (Å²) in [5.74, 6) is 2.21. The largest absolute Gasteiger partial charge is 0.454 e. The molecule has 134 valence electrons. The van der Waals surface area contributed by atoms with Crippen molar-refractivity contribution in [3.8, 4) is 45.4 Å². The molecule has 0 radical (unpaired) electrons. The predicted octanol–water partition coefficient (Wildman–Crippen LogP) is 2.37. The van der Waals surface area contributed by atoms with Crippen molar-refractivity contribution in [2.24, 2.45) is 7.05 Å². The summed E-state index contributed by atoms with van der Waals surface area (Å²) in [6.45, 7) is 2.23. The molecule has 1 N–H and O–H groups in total. The lowest BCUT2D eigenvalue weighted by atomic mass is 10.0. The zero-order valence-corrected chi connectivity index (χ0v) is 14.7. The Bertz CT molecular complexity index is 1130. The number of tetrazole rings is 1. The standard InChI is InChI=1S/C18H15N7O2/c1-10-7-13(8-14-17(10)27-9-26-14)16-15(19-22-20-16)11-3-5-12(6-4-11)18-21-23-24-25(18)2/h3-8H,9H2,1-2H3,(H,19,20,22). The van der Waals surface area contributed by atoms with Crippen LogP contribution in [0.1, 0.15) is 5.56 Å². The van der Waals surface area contributed by atoms with E-state index in [0.717, 1.165) is 45.1 Å². The van der Waals surface area contributed by atoms with E-state index < -0.39 is 0 Å². The summed E-state index contributed by atoms with van der Waals surface area (Å²) in [7, 11) is 1.81. The molecule has 27 heavy (non-hydrogen) atoms. The number of benzene rings is 2. The number of fused-ring (bicyclic) bond motifs is 1. The fraction of sp³-hybridized carbons (Fsp3) is 0.167. The first-order valence-electron chi connectivity index (χ1n) is 8.35. The lowest BCUT2D eigenvalue weighted by Crippen LogP contribution is -1.94. The van der Waals surface area contributed by atoms with Crippen LogP contribution in [0.25, 0.3) is 33.9 Å². The molecular weight excluding hydrogens is 346 g/mol. The number of aryl methyl sites for hydroxylation is 2. The Morgan fingerprint density at radius 1 is 0.963 bits per heavy atom. The molecule has 2 aromatic heterocycles. The Morgan fingerprint density at radius 2 is 1.70 bits per heavy atom. The van der Waals surface area contributed by atoms with Crippen molar-refractivity contribution in [1.82, 2.24) is 35.6 Å². The maximum atomic E-state index is 5.53. The van der Waals surface area contributed by atoms with Gasteiger partial charge in [0.25, 0.3) is 0 Å². The zero-order valence-electron chi connectivity index (χ0n) is 14.7. The molecule has 1 aliphatic rings. The Hall–Kier alpha value is -3.75. The summed E-state index contributed by atoms with van der Waals surface area (Å²) >= 11 is 0. The molecule has 0 aliphatic carbocycles. The van der Waals surface area contributed by atoms with Crippen molar-refractivity contribution in [2.75, 3.05) is 6.79 Å². The van der Waals surface area contributed by atoms with Gasteiger partial charge in [0.15, 0.2) is 17.3 Å². The predicted molar refractivity (Wildman–Crippen MR) is 95.9 cm³/mol. The average Bonchev–Trinajstić information content (AvgIpc) is 3.42. The van der Waals surface area contributed by atoms with Gasteiger partial charge in [0.2, 0.25) is 6.79 Å². The highest BCUT2D eigenvalue weighted by molar-refractivity contribution is 5.80. The van der Waals surface area contributed by atoms with E-state index in [2.05, 4.69) is 30.9 Å². The van der Waals surface area contributed by atoms with Crippen LogP contribution < -0.4 is 9.47 Å². The van der Waals surface area contributed by atoms with E-state index in [-0.39, 0.29) is 6.79 Å². The average molecular weight is 361 g/mol. The quantitative estimate of drug-likeness (QED) is 0.597. The van der Waals surface area contributed by atoms with Gasteiger partial charge in [-0.25, -0.2) is 4.68 Å². The van der Waals surface area contributed by atoms with Crippen LogP contribution in [0.3, 0.4) is 0 Å². The first-order chi connectivity index (χ1) is 13.2. The molecule has 0 spiro atoms. The minimum Gasteiger partial charge on any atom is -0.454 e. The maximum Gasteiger partial charge on any atom is 0.231 e. The normalized spacial score (nSPS) is 12.5. The third kappa shape index (κ3) is 2.51. The highest BCUT2D eigenvalue weighted by Crippen LogP contribution is 2.40. The molecule has 0 atom stereocenters. The second-order valence-electron chi connectivity index (χ2n) is 6.25. The Morgan fingerprint density at radius 3 is 2.44 bits per heavy atom. The van der Waals surface area contributed by atoms with Crippen molar-refractivity contribution in [2.45, 2.75) is 6.92 Å². The Labute approximate surface area is 153 Å². The first-order valence-corrected chi connectivity index (χ1v) is 8.35. The van der Waals surface area contributed by atoms with Gasteiger partial charge >= 0.3 is 0 Å². The van der Waals surface area contributed by atoms with E-state index in [1.807, 2.05) is 43.3 Å². The fourth-order valence-corrected chi connectivity index (χ4v) is 3.21. The van der Waals surface area contributed by atoms with Crippen LogP contribution in [-0.4, -0.2) is 42.4 Å². The molecular formula is C18H15N7O2. The van der Waals surface area contributed by atoms with Crippen LogP contribution in [0.5, 0.6) is 11.5 Å². The molecule has 3 heterocycles. The lowest BCUT2D eigenvalue weighted by Gasteiger charge is -2.06. The number of hydrogen-bond acceptors (Lipinski definition) is 7. The van der Waals surface area contributed by atoms with Crippen LogP contribution in [0.2, 0.25) is 0 Å². The topological polar surface area (TPSA) is 104 Å². The molecule has 9 nitrogen and oxygen atoms in total. The van der Waals surface area contributed by atoms with Gasteiger partial charge < -0.3 is 9.47 Å². The molecule has 0 bridgehead atoms. The molecule has 0 unspecified atom stereocenters. The van der Waals surface area contributed by atoms with Crippen LogP contribution >= 0.6 is 0 Å². The molecule has 9 heteroatoms. The van der Waals surface area contributed by atoms with E-state index in [0.29, 0.717) is 5.82 Å². The number of hydrogen-bond donors (Lipinski definition) is 1. The van der Waals surface area contributed by atoms with Gasteiger partial charge in [0.05, 0.1) is 0 Å². The third-order valence-electron chi connectivity index (χ3n) is 4.52. The van der Waals surface area contributed by atoms with Gasteiger partial charge in [0.1, 0.15) is 11.4 Å². The summed E-state index contributed by atoms with van der Waals surface area (Å²) in [5, 5.41) is 23.0. The van der Waals surface area contributed by atoms with Crippen molar-refractivity contribution in [3.63, 3.8) is 0 Å². The van der Waals surface area contributed by atoms with Gasteiger partial charge in [-0.05, 0) is 35.0 Å². The number of aromatic amines is 1. The number of ether oxygens (including phenoxy) is 2. The minimum absolute atomic E-state index is 0.240. The molecule has 0 saturated carbocycles. The molecule has 1 aliphatic heterocycles. The van der Waals surface area contributed by atoms with E-state index >= 15 is 0 Å². The molecule has 5 rings (SSSR count). The summed E-state index contributed by atoms with van der Waals surface area (Å²) in [6.07, 6.45) is 0. The van der Waals surface area contributed by atoms with E-state index in [1.54, 1.807) is 11.7 Å². The van der Waals surface area contributed by atoms with Crippen molar-refractivity contribution < 1.29 is 9.47 Å². The van der Waals surface area contributed by atoms with Crippen LogP contribution in [0.15, 0.2) is 36.4 Å². The summed E-state index contributed by atoms with van der Waals surface area (Å²) < 4.78 is 12.7. The second kappa shape index (κ2) is 5.90. The molecule has 4 aromatic rings. The van der Waals surface area contributed by atoms with Gasteiger partial charge in [-0.1, -0.05) is 24.3 Å². The van der Waals surface area contributed by atoms with Gasteiger partial charge in [-0.15, -0.1) is 5.10 Å².